The van der Waals surface area contributed by atoms with E-state index in [1.807, 2.05) is 6.08 Å². The third-order valence-corrected chi connectivity index (χ3v) is 1.53. The molecule has 54 valence electrons. The van der Waals surface area contributed by atoms with Gasteiger partial charge in [0.05, 0.1) is 0 Å². The fourth-order valence-corrected chi connectivity index (χ4v) is 0.637. The zero-order valence-corrected chi connectivity index (χ0v) is 6.35. The van der Waals surface area contributed by atoms with Crippen molar-refractivity contribution in [2.75, 3.05) is 6.61 Å². The van der Waals surface area contributed by atoms with Crippen LogP contribution in [-0.4, -0.2) is 11.7 Å². The topological polar surface area (TPSA) is 20.2 Å². The Morgan fingerprint density at radius 1 is 1.56 bits per heavy atom. The van der Waals surface area contributed by atoms with E-state index in [1.54, 1.807) is 0 Å². The summed E-state index contributed by atoms with van der Waals surface area (Å²) in [6, 6.07) is 0. The molecular formula is C8H16O. The molecule has 1 heteroatoms. The minimum Gasteiger partial charge on any atom is -0.396 e. The van der Waals surface area contributed by atoms with Gasteiger partial charge in [0, 0.05) is 6.61 Å². The largest absolute Gasteiger partial charge is 0.396 e. The minimum absolute atomic E-state index is 0.197. The fraction of sp³-hybridized carbons (Fsp3) is 0.750. The smallest absolute Gasteiger partial charge is 0.0431 e. The second-order valence-corrected chi connectivity index (χ2v) is 3.02. The molecule has 0 aliphatic heterocycles. The maximum atomic E-state index is 8.49. The van der Waals surface area contributed by atoms with E-state index in [2.05, 4.69) is 20.4 Å². The first-order chi connectivity index (χ1) is 4.12. The summed E-state index contributed by atoms with van der Waals surface area (Å²) in [7, 11) is 0. The highest BCUT2D eigenvalue weighted by atomic mass is 16.2. The summed E-state index contributed by atoms with van der Waals surface area (Å²) >= 11 is 0. The van der Waals surface area contributed by atoms with Gasteiger partial charge in [0.2, 0.25) is 0 Å². The quantitative estimate of drug-likeness (QED) is 0.574. The first-order valence-electron chi connectivity index (χ1n) is 3.37. The van der Waals surface area contributed by atoms with Crippen LogP contribution < -0.4 is 0 Å². The van der Waals surface area contributed by atoms with Crippen molar-refractivity contribution in [3.05, 3.63) is 12.7 Å². The Labute approximate surface area is 57.4 Å². The number of aliphatic hydroxyl groups excluding tert-OH is 1. The van der Waals surface area contributed by atoms with E-state index in [0.717, 1.165) is 12.8 Å². The van der Waals surface area contributed by atoms with Crippen LogP contribution in [0, 0.1) is 5.41 Å². The number of aliphatic hydroxyl groups is 1. The van der Waals surface area contributed by atoms with Crippen molar-refractivity contribution in [3.63, 3.8) is 0 Å². The lowest BCUT2D eigenvalue weighted by Gasteiger charge is -2.17. The van der Waals surface area contributed by atoms with E-state index in [4.69, 9.17) is 5.11 Å². The Balaban J connectivity index is 3.45. The maximum Gasteiger partial charge on any atom is 0.0431 e. The zero-order chi connectivity index (χ0) is 7.33. The summed E-state index contributed by atoms with van der Waals surface area (Å²) in [5, 5.41) is 8.49. The first kappa shape index (κ1) is 8.70. The molecule has 0 radical (unpaired) electrons. The summed E-state index contributed by atoms with van der Waals surface area (Å²) in [4.78, 5) is 0. The molecule has 1 nitrogen and oxygen atoms in total. The molecule has 0 bridgehead atoms. The second kappa shape index (κ2) is 3.67. The Kier molecular flexibility index (Phi) is 3.55. The molecule has 0 aromatic heterocycles. The lowest BCUT2D eigenvalue weighted by molar-refractivity contribution is 0.262. The van der Waals surface area contributed by atoms with Crippen LogP contribution in [-0.2, 0) is 0 Å². The number of allylic oxidation sites excluding steroid dienone is 1. The average molecular weight is 128 g/mol. The number of rotatable bonds is 4. The highest BCUT2D eigenvalue weighted by Gasteiger charge is 2.10. The SMILES string of the molecule is C=CC(C)(C)CCCO. The maximum absolute atomic E-state index is 8.49. The van der Waals surface area contributed by atoms with Gasteiger partial charge in [-0.1, -0.05) is 19.9 Å². The molecule has 0 unspecified atom stereocenters. The summed E-state index contributed by atoms with van der Waals surface area (Å²) in [5.74, 6) is 0. The summed E-state index contributed by atoms with van der Waals surface area (Å²) < 4.78 is 0. The van der Waals surface area contributed by atoms with E-state index < -0.39 is 0 Å². The Bertz CT molecular complexity index is 84.6. The van der Waals surface area contributed by atoms with E-state index in [0.29, 0.717) is 0 Å². The predicted molar refractivity (Wildman–Crippen MR) is 40.3 cm³/mol. The molecule has 0 amide bonds. The lowest BCUT2D eigenvalue weighted by Crippen LogP contribution is -2.06. The van der Waals surface area contributed by atoms with Crippen LogP contribution in [0.4, 0.5) is 0 Å². The third-order valence-electron chi connectivity index (χ3n) is 1.53. The number of hydrogen-bond acceptors (Lipinski definition) is 1. The summed E-state index contributed by atoms with van der Waals surface area (Å²) in [6.07, 6.45) is 3.83. The van der Waals surface area contributed by atoms with Crippen LogP contribution in [0.1, 0.15) is 26.7 Å². The van der Waals surface area contributed by atoms with E-state index in [-0.39, 0.29) is 12.0 Å². The highest BCUT2D eigenvalue weighted by Crippen LogP contribution is 2.22. The Hall–Kier alpha value is -0.300. The molecule has 0 atom stereocenters. The predicted octanol–water partition coefficient (Wildman–Crippen LogP) is 1.97. The molecule has 0 aromatic rings. The van der Waals surface area contributed by atoms with Crippen LogP contribution in [0.2, 0.25) is 0 Å². The van der Waals surface area contributed by atoms with Crippen LogP contribution >= 0.6 is 0 Å². The van der Waals surface area contributed by atoms with Gasteiger partial charge in [-0.2, -0.15) is 0 Å². The highest BCUT2D eigenvalue weighted by molar-refractivity contribution is 4.86. The lowest BCUT2D eigenvalue weighted by atomic mass is 9.88. The zero-order valence-electron chi connectivity index (χ0n) is 6.35. The van der Waals surface area contributed by atoms with E-state index in [1.165, 1.54) is 0 Å². The van der Waals surface area contributed by atoms with Gasteiger partial charge in [0.1, 0.15) is 0 Å². The van der Waals surface area contributed by atoms with Gasteiger partial charge in [0.15, 0.2) is 0 Å². The third kappa shape index (κ3) is 4.22. The van der Waals surface area contributed by atoms with Crippen LogP contribution in [0.15, 0.2) is 12.7 Å². The minimum atomic E-state index is 0.197. The second-order valence-electron chi connectivity index (χ2n) is 3.02. The normalized spacial score (nSPS) is 11.4. The molecule has 0 heterocycles. The Morgan fingerprint density at radius 3 is 2.44 bits per heavy atom. The van der Waals surface area contributed by atoms with Gasteiger partial charge in [-0.05, 0) is 18.3 Å². The number of hydrogen-bond donors (Lipinski definition) is 1. The van der Waals surface area contributed by atoms with Gasteiger partial charge < -0.3 is 5.11 Å². The Morgan fingerprint density at radius 2 is 2.11 bits per heavy atom. The molecule has 0 rings (SSSR count). The molecule has 0 aliphatic carbocycles. The average Bonchev–Trinajstić information content (AvgIpc) is 1.84. The standard InChI is InChI=1S/C8H16O/c1-4-8(2,3)6-5-7-9/h4,9H,1,5-7H2,2-3H3. The van der Waals surface area contributed by atoms with Gasteiger partial charge in [0.25, 0.3) is 0 Å². The van der Waals surface area contributed by atoms with E-state index in [9.17, 15) is 0 Å². The molecule has 0 saturated heterocycles. The van der Waals surface area contributed by atoms with Gasteiger partial charge in [-0.15, -0.1) is 6.58 Å². The van der Waals surface area contributed by atoms with Crippen LogP contribution in [0.3, 0.4) is 0 Å². The van der Waals surface area contributed by atoms with Crippen molar-refractivity contribution in [1.82, 2.24) is 0 Å². The van der Waals surface area contributed by atoms with Gasteiger partial charge in [-0.3, -0.25) is 0 Å². The van der Waals surface area contributed by atoms with Gasteiger partial charge in [-0.25, -0.2) is 0 Å². The molecule has 0 fully saturated rings. The first-order valence-corrected chi connectivity index (χ1v) is 3.37. The molecule has 0 saturated carbocycles. The summed E-state index contributed by atoms with van der Waals surface area (Å²) in [6.45, 7) is 8.23. The van der Waals surface area contributed by atoms with Crippen molar-refractivity contribution >= 4 is 0 Å². The molecule has 0 aromatic carbocycles. The van der Waals surface area contributed by atoms with Crippen molar-refractivity contribution in [2.45, 2.75) is 26.7 Å². The van der Waals surface area contributed by atoms with Crippen molar-refractivity contribution in [3.8, 4) is 0 Å². The molecule has 9 heavy (non-hydrogen) atoms. The van der Waals surface area contributed by atoms with Crippen molar-refractivity contribution in [1.29, 1.82) is 0 Å². The monoisotopic (exact) mass is 128 g/mol. The van der Waals surface area contributed by atoms with Crippen molar-refractivity contribution in [2.24, 2.45) is 5.41 Å². The van der Waals surface area contributed by atoms with Crippen molar-refractivity contribution < 1.29 is 5.11 Å². The van der Waals surface area contributed by atoms with Crippen LogP contribution in [0.25, 0.3) is 0 Å². The van der Waals surface area contributed by atoms with E-state index >= 15 is 0 Å². The van der Waals surface area contributed by atoms with Gasteiger partial charge >= 0.3 is 0 Å². The fourth-order valence-electron chi connectivity index (χ4n) is 0.637. The van der Waals surface area contributed by atoms with Crippen LogP contribution in [0.5, 0.6) is 0 Å². The molecular weight excluding hydrogens is 112 g/mol. The molecule has 0 aliphatic rings. The molecule has 1 N–H and O–H groups in total. The molecule has 0 spiro atoms. The summed E-state index contributed by atoms with van der Waals surface area (Å²) in [5.41, 5.74) is 0.197.